The number of carbonyl (C=O) groups is 3. The summed E-state index contributed by atoms with van der Waals surface area (Å²) in [5, 5.41) is 56.6. The van der Waals surface area contributed by atoms with Crippen molar-refractivity contribution in [3.05, 3.63) is 54.4 Å². The Morgan fingerprint density at radius 3 is 2.43 bits per heavy atom. The number of ether oxygens (including phenoxy) is 4. The molecule has 0 radical (unpaired) electrons. The largest absolute Gasteiger partial charge is 0.477 e. The molecule has 1 aromatic carbocycles. The Bertz CT molecular complexity index is 1310. The van der Waals surface area contributed by atoms with Crippen LogP contribution in [0, 0.1) is 12.3 Å². The van der Waals surface area contributed by atoms with E-state index in [9.17, 15) is 39.9 Å². The molecule has 1 fully saturated rings. The van der Waals surface area contributed by atoms with Crippen LogP contribution in [0.5, 0.6) is 0 Å². The smallest absolute Gasteiger partial charge is 0.364 e. The second-order valence-corrected chi connectivity index (χ2v) is 10.4. The number of nitrogens with one attached hydrogen (secondary N) is 2. The number of aromatic nitrogens is 1. The van der Waals surface area contributed by atoms with Crippen LogP contribution in [-0.2, 0) is 39.8 Å². The Labute approximate surface area is 265 Å². The van der Waals surface area contributed by atoms with Crippen LogP contribution in [0.25, 0.3) is 11.1 Å². The summed E-state index contributed by atoms with van der Waals surface area (Å²) in [6.45, 7) is -1.43. The molecular weight excluding hydrogens is 606 g/mol. The van der Waals surface area contributed by atoms with Crippen molar-refractivity contribution in [2.24, 2.45) is 0 Å². The van der Waals surface area contributed by atoms with E-state index in [2.05, 4.69) is 21.5 Å². The molecule has 0 unspecified atom stereocenters. The number of aliphatic hydroxyl groups is 4. The fourth-order valence-electron chi connectivity index (χ4n) is 4.72. The van der Waals surface area contributed by atoms with Gasteiger partial charge in [-0.3, -0.25) is 14.6 Å². The second-order valence-electron chi connectivity index (χ2n) is 10.4. The molecule has 1 aromatic heterocycles. The third kappa shape index (κ3) is 10.5. The van der Waals surface area contributed by atoms with E-state index in [0.717, 1.165) is 11.1 Å². The second kappa shape index (κ2) is 18.2. The normalized spacial score (nSPS) is 22.3. The molecule has 7 N–H and O–H groups in total. The molecule has 3 rings (SSSR count). The molecule has 15 heteroatoms. The first-order valence-electron chi connectivity index (χ1n) is 14.4. The first kappa shape index (κ1) is 36.5. The van der Waals surface area contributed by atoms with E-state index in [4.69, 9.17) is 25.4 Å². The van der Waals surface area contributed by atoms with Crippen molar-refractivity contribution in [2.45, 2.75) is 49.1 Å². The molecule has 46 heavy (non-hydrogen) atoms. The van der Waals surface area contributed by atoms with Gasteiger partial charge in [-0.05, 0) is 22.8 Å². The number of nitrogens with zero attached hydrogens (tertiary/aromatic N) is 1. The number of rotatable bonds is 18. The van der Waals surface area contributed by atoms with Gasteiger partial charge in [-0.15, -0.1) is 6.42 Å². The summed E-state index contributed by atoms with van der Waals surface area (Å²) in [4.78, 5) is 41.0. The van der Waals surface area contributed by atoms with Crippen LogP contribution in [0.15, 0.2) is 48.8 Å². The van der Waals surface area contributed by atoms with Crippen LogP contribution < -0.4 is 10.6 Å². The number of amides is 2. The van der Waals surface area contributed by atoms with Crippen LogP contribution in [0.3, 0.4) is 0 Å². The molecule has 1 saturated heterocycles. The molecule has 0 bridgehead atoms. The van der Waals surface area contributed by atoms with Gasteiger partial charge in [0.05, 0.1) is 51.1 Å². The Morgan fingerprint density at radius 1 is 1.07 bits per heavy atom. The van der Waals surface area contributed by atoms with Crippen molar-refractivity contribution in [2.75, 3.05) is 46.2 Å². The van der Waals surface area contributed by atoms with Gasteiger partial charge >= 0.3 is 5.97 Å². The van der Waals surface area contributed by atoms with Gasteiger partial charge in [0, 0.05) is 25.4 Å². The fourth-order valence-corrected chi connectivity index (χ4v) is 4.72. The minimum atomic E-state index is -2.50. The molecule has 6 atom stereocenters. The highest BCUT2D eigenvalue weighted by Gasteiger charge is 2.55. The highest BCUT2D eigenvalue weighted by molar-refractivity contribution is 5.79. The minimum absolute atomic E-state index is 0.0436. The molecule has 2 amide bonds. The van der Waals surface area contributed by atoms with Gasteiger partial charge in [0.2, 0.25) is 11.8 Å². The summed E-state index contributed by atoms with van der Waals surface area (Å²) in [6.07, 6.45) is 0.655. The third-order valence-electron chi connectivity index (χ3n) is 7.04. The Kier molecular flexibility index (Phi) is 14.5. The molecule has 15 nitrogen and oxygen atoms in total. The Morgan fingerprint density at radius 2 is 1.78 bits per heavy atom. The first-order chi connectivity index (χ1) is 22.1. The first-order valence-corrected chi connectivity index (χ1v) is 14.4. The SMILES string of the molecule is C#CCOCCOCCO[C@]1(C(=O)O)C[C@H](O)[C@@H](NC(=O)CO)[C@H]([C@H](O)[C@H](O)CNC(=O)Cc2ccc(-c3cccnc3)cc2)O1. The van der Waals surface area contributed by atoms with Gasteiger partial charge in [0.25, 0.3) is 5.79 Å². The third-order valence-corrected chi connectivity index (χ3v) is 7.04. The van der Waals surface area contributed by atoms with Crippen molar-refractivity contribution < 1.29 is 58.9 Å². The summed E-state index contributed by atoms with van der Waals surface area (Å²) in [5.74, 6) is -3.29. The molecule has 1 aliphatic rings. The van der Waals surface area contributed by atoms with E-state index in [0.29, 0.717) is 5.56 Å². The number of pyridine rings is 1. The van der Waals surface area contributed by atoms with Gasteiger partial charge in [-0.1, -0.05) is 36.3 Å². The lowest BCUT2D eigenvalue weighted by molar-refractivity contribution is -0.312. The van der Waals surface area contributed by atoms with Crippen LogP contribution in [0.1, 0.15) is 12.0 Å². The fraction of sp³-hybridized carbons (Fsp3) is 0.484. The molecule has 0 spiro atoms. The van der Waals surface area contributed by atoms with E-state index in [1.165, 1.54) is 0 Å². The van der Waals surface area contributed by atoms with E-state index in [1.807, 2.05) is 24.3 Å². The number of hydrogen-bond donors (Lipinski definition) is 7. The molecule has 2 heterocycles. The van der Waals surface area contributed by atoms with E-state index in [-0.39, 0.29) is 39.5 Å². The van der Waals surface area contributed by atoms with Gasteiger partial charge in [-0.2, -0.15) is 0 Å². The number of carbonyl (C=O) groups excluding carboxylic acids is 2. The molecule has 250 valence electrons. The van der Waals surface area contributed by atoms with Crippen LogP contribution in [0.2, 0.25) is 0 Å². The Hall–Kier alpha value is -3.98. The monoisotopic (exact) mass is 645 g/mol. The lowest BCUT2D eigenvalue weighted by Crippen LogP contribution is -2.68. The van der Waals surface area contributed by atoms with E-state index < -0.39 is 73.6 Å². The maximum Gasteiger partial charge on any atom is 0.364 e. The van der Waals surface area contributed by atoms with Crippen molar-refractivity contribution in [3.8, 4) is 23.5 Å². The van der Waals surface area contributed by atoms with Crippen LogP contribution >= 0.6 is 0 Å². The van der Waals surface area contributed by atoms with E-state index in [1.54, 1.807) is 24.5 Å². The Balaban J connectivity index is 1.62. The number of aliphatic carboxylic acids is 1. The number of hydrogen-bond acceptors (Lipinski definition) is 12. The topological polar surface area (TPSA) is 226 Å². The summed E-state index contributed by atoms with van der Waals surface area (Å²) in [6, 6.07) is 9.46. The lowest BCUT2D eigenvalue weighted by atomic mass is 9.88. The van der Waals surface area contributed by atoms with Crippen molar-refractivity contribution in [1.82, 2.24) is 15.6 Å². The van der Waals surface area contributed by atoms with Crippen molar-refractivity contribution >= 4 is 17.8 Å². The van der Waals surface area contributed by atoms with Crippen molar-refractivity contribution in [3.63, 3.8) is 0 Å². The molecule has 0 saturated carbocycles. The molecule has 0 aliphatic carbocycles. The number of carboxylic acids is 1. The predicted molar refractivity (Wildman–Crippen MR) is 160 cm³/mol. The summed E-state index contributed by atoms with van der Waals surface area (Å²) < 4.78 is 21.5. The van der Waals surface area contributed by atoms with Gasteiger partial charge < -0.3 is 55.1 Å². The zero-order chi connectivity index (χ0) is 33.5. The average molecular weight is 646 g/mol. The molecule has 2 aromatic rings. The maximum absolute atomic E-state index is 12.6. The summed E-state index contributed by atoms with van der Waals surface area (Å²) in [5.41, 5.74) is 2.50. The van der Waals surface area contributed by atoms with E-state index >= 15 is 0 Å². The quantitative estimate of drug-likeness (QED) is 0.0704. The summed E-state index contributed by atoms with van der Waals surface area (Å²) in [7, 11) is 0. The van der Waals surface area contributed by atoms with Gasteiger partial charge in [-0.25, -0.2) is 4.79 Å². The maximum atomic E-state index is 12.6. The highest BCUT2D eigenvalue weighted by atomic mass is 16.7. The molecule has 1 aliphatic heterocycles. The number of aliphatic hydroxyl groups excluding tert-OH is 4. The predicted octanol–water partition coefficient (Wildman–Crippen LogP) is -1.78. The summed E-state index contributed by atoms with van der Waals surface area (Å²) >= 11 is 0. The molecular formula is C31H39N3O12. The lowest BCUT2D eigenvalue weighted by Gasteiger charge is -2.46. The zero-order valence-corrected chi connectivity index (χ0v) is 25.0. The average Bonchev–Trinajstić information content (AvgIpc) is 3.06. The number of carboxylic acid groups (broad SMARTS) is 1. The number of terminal acetylenes is 1. The van der Waals surface area contributed by atoms with Gasteiger partial charge in [0.1, 0.15) is 25.4 Å². The number of benzene rings is 1. The zero-order valence-electron chi connectivity index (χ0n) is 25.0. The van der Waals surface area contributed by atoms with Crippen molar-refractivity contribution in [1.29, 1.82) is 0 Å². The van der Waals surface area contributed by atoms with Gasteiger partial charge in [0.15, 0.2) is 0 Å². The van der Waals surface area contributed by atoms with Crippen LogP contribution in [0.4, 0.5) is 0 Å². The van der Waals surface area contributed by atoms with Crippen LogP contribution in [-0.4, -0.2) is 131 Å². The minimum Gasteiger partial charge on any atom is -0.477 e. The highest BCUT2D eigenvalue weighted by Crippen LogP contribution is 2.33. The standard InChI is InChI=1S/C31H39N3O12/c1-2-10-43-11-12-44-13-14-45-31(30(41)42)16-23(36)27(34-26(39)19-35)29(46-31)28(40)24(37)18-33-25(38)15-20-5-7-21(8-6-20)22-4-3-9-32-17-22/h1,3-9,17,23-24,27-29,35-37,40H,10-16,18-19H2,(H,33,38)(H,34,39)(H,41,42)/t23-,24+,27+,28+,29+,31+/m0/s1.